The van der Waals surface area contributed by atoms with Gasteiger partial charge in [0.15, 0.2) is 5.82 Å². The van der Waals surface area contributed by atoms with E-state index in [4.69, 9.17) is 16.1 Å². The molecule has 3 nitrogen and oxygen atoms in total. The number of rotatable bonds is 1. The Balaban J connectivity index is 2.57. The van der Waals surface area contributed by atoms with Gasteiger partial charge in [0.1, 0.15) is 5.82 Å². The van der Waals surface area contributed by atoms with Crippen LogP contribution in [-0.2, 0) is 0 Å². The monoisotopic (exact) mass is 230 g/mol. The van der Waals surface area contributed by atoms with E-state index in [9.17, 15) is 4.39 Å². The molecule has 2 rings (SSSR count). The summed E-state index contributed by atoms with van der Waals surface area (Å²) in [7, 11) is 0. The molecule has 0 spiro atoms. The smallest absolute Gasteiger partial charge is 0.314 e. The highest BCUT2D eigenvalue weighted by molar-refractivity contribution is 7.71. The normalized spacial score (nSPS) is 10.4. The number of nitrogens with zero attached hydrogens (tertiary/aromatic N) is 1. The van der Waals surface area contributed by atoms with Gasteiger partial charge < -0.3 is 4.52 Å². The highest BCUT2D eigenvalue weighted by atomic mass is 35.5. The van der Waals surface area contributed by atoms with Crippen LogP contribution in [0.5, 0.6) is 0 Å². The summed E-state index contributed by atoms with van der Waals surface area (Å²) in [6, 6.07) is 3.98. The van der Waals surface area contributed by atoms with Crippen molar-refractivity contribution in [3.8, 4) is 11.4 Å². The Hall–Kier alpha value is -1.20. The minimum Gasteiger partial charge on any atom is -0.348 e. The highest BCUT2D eigenvalue weighted by Crippen LogP contribution is 2.25. The lowest BCUT2D eigenvalue weighted by Crippen LogP contribution is -1.83. The van der Waals surface area contributed by atoms with E-state index < -0.39 is 5.82 Å². The molecule has 1 aromatic carbocycles. The largest absolute Gasteiger partial charge is 0.348 e. The maximum Gasteiger partial charge on any atom is 0.314 e. The molecule has 0 aliphatic carbocycles. The van der Waals surface area contributed by atoms with E-state index >= 15 is 0 Å². The SMILES string of the molecule is Fc1ccc(-c2nc(=S)o[nH]2)c(Cl)c1. The van der Waals surface area contributed by atoms with E-state index in [1.165, 1.54) is 18.2 Å². The Morgan fingerprint density at radius 2 is 2.29 bits per heavy atom. The first-order valence-electron chi connectivity index (χ1n) is 3.68. The van der Waals surface area contributed by atoms with Crippen LogP contribution >= 0.6 is 23.8 Å². The van der Waals surface area contributed by atoms with Crippen LogP contribution in [0.3, 0.4) is 0 Å². The number of benzene rings is 1. The quantitative estimate of drug-likeness (QED) is 0.765. The Kier molecular flexibility index (Phi) is 2.35. The molecule has 2 aromatic rings. The Labute approximate surface area is 88.5 Å². The van der Waals surface area contributed by atoms with Crippen LogP contribution in [-0.4, -0.2) is 10.1 Å². The lowest BCUT2D eigenvalue weighted by atomic mass is 10.2. The Bertz CT molecular complexity index is 522. The zero-order chi connectivity index (χ0) is 10.1. The van der Waals surface area contributed by atoms with Gasteiger partial charge in [0.2, 0.25) is 0 Å². The fourth-order valence-corrected chi connectivity index (χ4v) is 1.42. The number of aromatic nitrogens is 2. The summed E-state index contributed by atoms with van der Waals surface area (Å²) in [6.45, 7) is 0. The van der Waals surface area contributed by atoms with Crippen LogP contribution in [0.4, 0.5) is 4.39 Å². The van der Waals surface area contributed by atoms with E-state index in [2.05, 4.69) is 22.4 Å². The summed E-state index contributed by atoms with van der Waals surface area (Å²) in [5.41, 5.74) is 0.549. The van der Waals surface area contributed by atoms with E-state index in [1.54, 1.807) is 0 Å². The average molecular weight is 231 g/mol. The summed E-state index contributed by atoms with van der Waals surface area (Å²) >= 11 is 10.5. The Morgan fingerprint density at radius 1 is 1.50 bits per heavy atom. The first-order chi connectivity index (χ1) is 6.66. The number of aromatic amines is 1. The zero-order valence-electron chi connectivity index (χ0n) is 6.75. The molecule has 0 atom stereocenters. The number of halogens is 2. The molecule has 0 bridgehead atoms. The van der Waals surface area contributed by atoms with E-state index in [-0.39, 0.29) is 9.86 Å². The van der Waals surface area contributed by atoms with Gasteiger partial charge in [-0.3, -0.25) is 0 Å². The third-order valence-corrected chi connectivity index (χ3v) is 2.11. The Morgan fingerprint density at radius 3 is 2.86 bits per heavy atom. The number of hydrogen-bond acceptors (Lipinski definition) is 3. The van der Waals surface area contributed by atoms with Crippen molar-refractivity contribution in [2.45, 2.75) is 0 Å². The van der Waals surface area contributed by atoms with Gasteiger partial charge in [-0.2, -0.15) is 4.98 Å². The molecule has 0 saturated heterocycles. The first kappa shape index (κ1) is 9.36. The minimum absolute atomic E-state index is 0.0837. The third kappa shape index (κ3) is 1.69. The first-order valence-corrected chi connectivity index (χ1v) is 4.46. The molecular formula is C8H4ClFN2OS. The van der Waals surface area contributed by atoms with Crippen LogP contribution in [0.15, 0.2) is 22.7 Å². The molecule has 6 heteroatoms. The molecule has 0 aliphatic heterocycles. The molecule has 0 radical (unpaired) electrons. The molecule has 0 amide bonds. The van der Waals surface area contributed by atoms with Gasteiger partial charge in [-0.25, -0.2) is 9.55 Å². The molecule has 0 unspecified atom stereocenters. The summed E-state index contributed by atoms with van der Waals surface area (Å²) in [5, 5.41) is 2.74. The van der Waals surface area contributed by atoms with Crippen LogP contribution in [0.2, 0.25) is 5.02 Å². The molecule has 72 valence electrons. The van der Waals surface area contributed by atoms with Crippen LogP contribution < -0.4 is 0 Å². The topological polar surface area (TPSA) is 41.8 Å². The molecular weight excluding hydrogens is 227 g/mol. The maximum atomic E-state index is 12.7. The van der Waals surface area contributed by atoms with Crippen molar-refractivity contribution in [1.29, 1.82) is 0 Å². The second-order valence-corrected chi connectivity index (χ2v) is 3.31. The number of H-pyrrole nitrogens is 1. The predicted octanol–water partition coefficient (Wildman–Crippen LogP) is 3.19. The molecule has 1 aromatic heterocycles. The number of hydrogen-bond donors (Lipinski definition) is 1. The fourth-order valence-electron chi connectivity index (χ4n) is 1.03. The lowest BCUT2D eigenvalue weighted by molar-refractivity contribution is 0.406. The summed E-state index contributed by atoms with van der Waals surface area (Å²) in [5.74, 6) is -0.0131. The molecule has 14 heavy (non-hydrogen) atoms. The van der Waals surface area contributed by atoms with E-state index in [0.717, 1.165) is 0 Å². The van der Waals surface area contributed by atoms with Gasteiger partial charge in [0, 0.05) is 5.56 Å². The summed E-state index contributed by atoms with van der Waals surface area (Å²) < 4.78 is 17.4. The van der Waals surface area contributed by atoms with Gasteiger partial charge in [0.25, 0.3) is 0 Å². The molecule has 1 heterocycles. The molecule has 1 N–H and O–H groups in total. The van der Waals surface area contributed by atoms with Gasteiger partial charge in [-0.1, -0.05) is 11.6 Å². The van der Waals surface area contributed by atoms with Gasteiger partial charge in [-0.15, -0.1) is 0 Å². The van der Waals surface area contributed by atoms with Gasteiger partial charge in [0.05, 0.1) is 5.02 Å². The van der Waals surface area contributed by atoms with Crippen molar-refractivity contribution in [3.63, 3.8) is 0 Å². The minimum atomic E-state index is -0.402. The second-order valence-electron chi connectivity index (χ2n) is 2.55. The van der Waals surface area contributed by atoms with Gasteiger partial charge in [-0.05, 0) is 30.4 Å². The molecule has 0 aliphatic rings. The lowest BCUT2D eigenvalue weighted by Gasteiger charge is -1.98. The van der Waals surface area contributed by atoms with Crippen molar-refractivity contribution in [2.24, 2.45) is 0 Å². The summed E-state index contributed by atoms with van der Waals surface area (Å²) in [6.07, 6.45) is 0. The standard InChI is InChI=1S/C8H4ClFN2OS/c9-6-3-4(10)1-2-5(6)7-11-8(14)13-12-7/h1-3H,(H,11,12,14). The van der Waals surface area contributed by atoms with Crippen molar-refractivity contribution in [3.05, 3.63) is 33.9 Å². The van der Waals surface area contributed by atoms with Crippen LogP contribution in [0.25, 0.3) is 11.4 Å². The fraction of sp³-hybridized carbons (Fsp3) is 0. The van der Waals surface area contributed by atoms with Crippen molar-refractivity contribution >= 4 is 23.8 Å². The number of nitrogens with one attached hydrogen (secondary N) is 1. The van der Waals surface area contributed by atoms with Crippen molar-refractivity contribution in [1.82, 2.24) is 10.1 Å². The van der Waals surface area contributed by atoms with Gasteiger partial charge >= 0.3 is 4.84 Å². The molecule has 0 saturated carbocycles. The van der Waals surface area contributed by atoms with Crippen LogP contribution in [0.1, 0.15) is 0 Å². The molecule has 0 fully saturated rings. The van der Waals surface area contributed by atoms with Crippen LogP contribution in [0, 0.1) is 10.7 Å². The van der Waals surface area contributed by atoms with E-state index in [1.807, 2.05) is 0 Å². The second kappa shape index (κ2) is 3.51. The average Bonchev–Trinajstić information content (AvgIpc) is 2.51. The summed E-state index contributed by atoms with van der Waals surface area (Å²) in [4.78, 5) is 3.94. The third-order valence-electron chi connectivity index (χ3n) is 1.62. The van der Waals surface area contributed by atoms with Crippen molar-refractivity contribution in [2.75, 3.05) is 0 Å². The van der Waals surface area contributed by atoms with Crippen molar-refractivity contribution < 1.29 is 8.91 Å². The predicted molar refractivity (Wildman–Crippen MR) is 52.1 cm³/mol. The van der Waals surface area contributed by atoms with E-state index in [0.29, 0.717) is 11.4 Å². The maximum absolute atomic E-state index is 12.7. The highest BCUT2D eigenvalue weighted by Gasteiger charge is 2.07. The zero-order valence-corrected chi connectivity index (χ0v) is 8.32.